The molecule has 1 heterocycles. The summed E-state index contributed by atoms with van der Waals surface area (Å²) in [5.41, 5.74) is 8.24. The number of aromatic nitrogens is 2. The fraction of sp³-hybridized carbons (Fsp3) is 0.308. The van der Waals surface area contributed by atoms with Crippen LogP contribution in [0.2, 0.25) is 0 Å². The fourth-order valence-corrected chi connectivity index (χ4v) is 2.73. The maximum absolute atomic E-state index is 6.06. The molecule has 1 aromatic heterocycles. The third-order valence-corrected chi connectivity index (χ3v) is 4.09. The molecule has 0 spiro atoms. The fourth-order valence-electron chi connectivity index (χ4n) is 1.72. The molecule has 0 unspecified atom stereocenters. The van der Waals surface area contributed by atoms with Gasteiger partial charge in [0, 0.05) is 4.47 Å². The first-order valence-corrected chi connectivity index (χ1v) is 7.33. The summed E-state index contributed by atoms with van der Waals surface area (Å²) in [4.78, 5) is 0. The molecule has 0 saturated heterocycles. The molecule has 0 radical (unpaired) electrons. The standard InChI is InChI=1S/C13H15Br2N3/c1-8(2)12-11(15)13(16)18(17-12)7-9-3-5-10(14)6-4-9/h3-6,8H,7,16H2,1-2H3. The Balaban J connectivity index is 2.29. The Bertz CT molecular complexity index is 544. The van der Waals surface area contributed by atoms with Crippen molar-refractivity contribution in [1.82, 2.24) is 9.78 Å². The van der Waals surface area contributed by atoms with E-state index >= 15 is 0 Å². The van der Waals surface area contributed by atoms with Crippen molar-refractivity contribution in [2.45, 2.75) is 26.3 Å². The van der Waals surface area contributed by atoms with E-state index in [0.717, 1.165) is 14.6 Å². The lowest BCUT2D eigenvalue weighted by Crippen LogP contribution is -2.06. The maximum atomic E-state index is 6.06. The van der Waals surface area contributed by atoms with E-state index in [0.29, 0.717) is 18.3 Å². The Kier molecular flexibility index (Phi) is 4.12. The number of benzene rings is 1. The summed E-state index contributed by atoms with van der Waals surface area (Å²) < 4.78 is 3.82. The number of nitrogens with two attached hydrogens (primary N) is 1. The first kappa shape index (κ1) is 13.6. The molecule has 1 aromatic carbocycles. The van der Waals surface area contributed by atoms with Gasteiger partial charge in [-0.2, -0.15) is 5.10 Å². The molecule has 96 valence electrons. The van der Waals surface area contributed by atoms with E-state index in [1.807, 2.05) is 16.8 Å². The Morgan fingerprint density at radius 3 is 2.33 bits per heavy atom. The second kappa shape index (κ2) is 5.45. The van der Waals surface area contributed by atoms with Crippen molar-refractivity contribution in [3.8, 4) is 0 Å². The van der Waals surface area contributed by atoms with Crippen LogP contribution in [-0.2, 0) is 6.54 Å². The van der Waals surface area contributed by atoms with E-state index in [-0.39, 0.29) is 0 Å². The van der Waals surface area contributed by atoms with E-state index in [1.54, 1.807) is 0 Å². The van der Waals surface area contributed by atoms with E-state index < -0.39 is 0 Å². The Morgan fingerprint density at radius 2 is 1.83 bits per heavy atom. The molecule has 2 N–H and O–H groups in total. The first-order chi connectivity index (χ1) is 8.49. The normalized spacial score (nSPS) is 11.2. The van der Waals surface area contributed by atoms with E-state index in [9.17, 15) is 0 Å². The van der Waals surface area contributed by atoms with Crippen LogP contribution in [-0.4, -0.2) is 9.78 Å². The molecule has 0 aliphatic rings. The monoisotopic (exact) mass is 371 g/mol. The van der Waals surface area contributed by atoms with Gasteiger partial charge < -0.3 is 5.73 Å². The largest absolute Gasteiger partial charge is 0.383 e. The Labute approximate surface area is 124 Å². The molecular weight excluding hydrogens is 358 g/mol. The van der Waals surface area contributed by atoms with Crippen molar-refractivity contribution < 1.29 is 0 Å². The highest BCUT2D eigenvalue weighted by molar-refractivity contribution is 9.11. The van der Waals surface area contributed by atoms with Crippen LogP contribution in [0.4, 0.5) is 5.82 Å². The minimum atomic E-state index is 0.354. The molecule has 18 heavy (non-hydrogen) atoms. The number of rotatable bonds is 3. The summed E-state index contributed by atoms with van der Waals surface area (Å²) in [6, 6.07) is 8.17. The smallest absolute Gasteiger partial charge is 0.136 e. The summed E-state index contributed by atoms with van der Waals surface area (Å²) in [7, 11) is 0. The number of nitrogens with zero attached hydrogens (tertiary/aromatic N) is 2. The second-order valence-electron chi connectivity index (χ2n) is 4.52. The Morgan fingerprint density at radius 1 is 1.22 bits per heavy atom. The van der Waals surface area contributed by atoms with Crippen LogP contribution in [0.5, 0.6) is 0 Å². The number of hydrogen-bond donors (Lipinski definition) is 1. The second-order valence-corrected chi connectivity index (χ2v) is 6.23. The molecule has 0 aliphatic carbocycles. The summed E-state index contributed by atoms with van der Waals surface area (Å²) in [6.07, 6.45) is 0. The van der Waals surface area contributed by atoms with Crippen molar-refractivity contribution >= 4 is 37.7 Å². The Hall–Kier alpha value is -0.810. The third-order valence-electron chi connectivity index (χ3n) is 2.75. The highest BCUT2D eigenvalue weighted by Gasteiger charge is 2.15. The van der Waals surface area contributed by atoms with E-state index in [1.165, 1.54) is 5.56 Å². The number of halogens is 2. The van der Waals surface area contributed by atoms with Crippen LogP contribution < -0.4 is 5.73 Å². The zero-order valence-electron chi connectivity index (χ0n) is 10.3. The van der Waals surface area contributed by atoms with Gasteiger partial charge in [0.05, 0.1) is 16.7 Å². The summed E-state index contributed by atoms with van der Waals surface area (Å²) in [5.74, 6) is 1.04. The number of anilines is 1. The summed E-state index contributed by atoms with van der Waals surface area (Å²) in [5, 5.41) is 4.56. The lowest BCUT2D eigenvalue weighted by atomic mass is 10.1. The molecular formula is C13H15Br2N3. The number of hydrogen-bond acceptors (Lipinski definition) is 2. The van der Waals surface area contributed by atoms with Crippen molar-refractivity contribution in [2.75, 3.05) is 5.73 Å². The third kappa shape index (κ3) is 2.78. The highest BCUT2D eigenvalue weighted by atomic mass is 79.9. The molecule has 0 fully saturated rings. The first-order valence-electron chi connectivity index (χ1n) is 5.75. The molecule has 2 rings (SSSR count). The van der Waals surface area contributed by atoms with Crippen molar-refractivity contribution in [2.24, 2.45) is 0 Å². The van der Waals surface area contributed by atoms with Gasteiger partial charge in [0.2, 0.25) is 0 Å². The van der Waals surface area contributed by atoms with Crippen LogP contribution in [0.15, 0.2) is 33.2 Å². The molecule has 0 atom stereocenters. The summed E-state index contributed by atoms with van der Waals surface area (Å²) in [6.45, 7) is 4.90. The van der Waals surface area contributed by atoms with Crippen molar-refractivity contribution in [1.29, 1.82) is 0 Å². The van der Waals surface area contributed by atoms with Gasteiger partial charge in [-0.3, -0.25) is 0 Å². The topological polar surface area (TPSA) is 43.8 Å². The van der Waals surface area contributed by atoms with Gasteiger partial charge in [0.1, 0.15) is 5.82 Å². The van der Waals surface area contributed by atoms with Gasteiger partial charge in [-0.05, 0) is 39.5 Å². The van der Waals surface area contributed by atoms with Gasteiger partial charge in [0.15, 0.2) is 0 Å². The molecule has 0 aliphatic heterocycles. The van der Waals surface area contributed by atoms with Crippen LogP contribution in [0, 0.1) is 0 Å². The average Bonchev–Trinajstić information content (AvgIpc) is 2.60. The predicted octanol–water partition coefficient (Wildman–Crippen LogP) is 4.16. The average molecular weight is 373 g/mol. The van der Waals surface area contributed by atoms with Crippen LogP contribution in [0.3, 0.4) is 0 Å². The molecule has 5 heteroatoms. The van der Waals surface area contributed by atoms with Crippen LogP contribution in [0.1, 0.15) is 31.0 Å². The zero-order chi connectivity index (χ0) is 13.3. The summed E-state index contributed by atoms with van der Waals surface area (Å²) >= 11 is 6.94. The van der Waals surface area contributed by atoms with E-state index in [4.69, 9.17) is 5.73 Å². The van der Waals surface area contributed by atoms with Gasteiger partial charge >= 0.3 is 0 Å². The quantitative estimate of drug-likeness (QED) is 0.878. The predicted molar refractivity (Wildman–Crippen MR) is 81.7 cm³/mol. The molecule has 0 bridgehead atoms. The van der Waals surface area contributed by atoms with E-state index in [2.05, 4.69) is 62.9 Å². The minimum Gasteiger partial charge on any atom is -0.383 e. The molecule has 0 saturated carbocycles. The lowest BCUT2D eigenvalue weighted by molar-refractivity contribution is 0.664. The van der Waals surface area contributed by atoms with Gasteiger partial charge in [-0.25, -0.2) is 4.68 Å². The zero-order valence-corrected chi connectivity index (χ0v) is 13.5. The van der Waals surface area contributed by atoms with Crippen molar-refractivity contribution in [3.63, 3.8) is 0 Å². The van der Waals surface area contributed by atoms with Gasteiger partial charge in [-0.1, -0.05) is 41.9 Å². The lowest BCUT2D eigenvalue weighted by Gasteiger charge is -2.04. The SMILES string of the molecule is CC(C)c1nn(Cc2ccc(Br)cc2)c(N)c1Br. The highest BCUT2D eigenvalue weighted by Crippen LogP contribution is 2.29. The van der Waals surface area contributed by atoms with Gasteiger partial charge in [0.25, 0.3) is 0 Å². The van der Waals surface area contributed by atoms with Crippen molar-refractivity contribution in [3.05, 3.63) is 44.5 Å². The van der Waals surface area contributed by atoms with Gasteiger partial charge in [-0.15, -0.1) is 0 Å². The maximum Gasteiger partial charge on any atom is 0.136 e. The number of nitrogen functional groups attached to an aromatic ring is 1. The van der Waals surface area contributed by atoms with Crippen LogP contribution in [0.25, 0.3) is 0 Å². The molecule has 0 amide bonds. The molecule has 2 aromatic rings. The minimum absolute atomic E-state index is 0.354. The van der Waals surface area contributed by atoms with Crippen LogP contribution >= 0.6 is 31.9 Å². The molecule has 3 nitrogen and oxygen atoms in total.